The molecule has 0 aliphatic heterocycles. The second-order valence-electron chi connectivity index (χ2n) is 4.90. The van der Waals surface area contributed by atoms with E-state index in [2.05, 4.69) is 0 Å². The zero-order valence-electron chi connectivity index (χ0n) is 11.6. The van der Waals surface area contributed by atoms with Crippen molar-refractivity contribution in [3.05, 3.63) is 35.1 Å². The van der Waals surface area contributed by atoms with Gasteiger partial charge in [-0.1, -0.05) is 19.9 Å². The van der Waals surface area contributed by atoms with Crippen LogP contribution in [0.25, 0.3) is 0 Å². The number of hydrogen-bond acceptors (Lipinski definition) is 1. The fraction of sp³-hybridized carbons (Fsp3) is 0.500. The van der Waals surface area contributed by atoms with Crippen LogP contribution in [-0.2, 0) is 6.18 Å². The average molecular weight is 291 g/mol. The topological polar surface area (TPSA) is 20.3 Å². The molecule has 0 spiro atoms. The predicted octanol–water partition coefficient (Wildman–Crippen LogP) is 3.96. The molecule has 0 saturated heterocycles. The van der Waals surface area contributed by atoms with Gasteiger partial charge in [0.1, 0.15) is 5.82 Å². The van der Waals surface area contributed by atoms with Crippen molar-refractivity contribution in [2.24, 2.45) is 5.92 Å². The third-order valence-corrected chi connectivity index (χ3v) is 2.79. The lowest BCUT2D eigenvalue weighted by Crippen LogP contribution is -2.34. The minimum Gasteiger partial charge on any atom is -0.339 e. The molecule has 1 amide bonds. The summed E-state index contributed by atoms with van der Waals surface area (Å²) in [7, 11) is 0. The summed E-state index contributed by atoms with van der Waals surface area (Å²) in [5, 5.41) is 0. The van der Waals surface area contributed by atoms with E-state index in [-0.39, 0.29) is 5.92 Å². The van der Waals surface area contributed by atoms with E-state index in [0.29, 0.717) is 19.2 Å². The largest absolute Gasteiger partial charge is 0.419 e. The molecule has 1 rings (SSSR count). The highest BCUT2D eigenvalue weighted by Crippen LogP contribution is 2.32. The molecule has 0 fully saturated rings. The van der Waals surface area contributed by atoms with Crippen LogP contribution in [0.15, 0.2) is 18.2 Å². The third-order valence-electron chi connectivity index (χ3n) is 2.79. The molecule has 20 heavy (non-hydrogen) atoms. The predicted molar refractivity (Wildman–Crippen MR) is 67.8 cm³/mol. The second-order valence-corrected chi connectivity index (χ2v) is 4.90. The maximum atomic E-state index is 13.9. The van der Waals surface area contributed by atoms with Gasteiger partial charge in [-0.05, 0) is 25.0 Å². The molecular formula is C14H17F4NO. The van der Waals surface area contributed by atoms with Crippen molar-refractivity contribution >= 4 is 5.91 Å². The first-order valence-corrected chi connectivity index (χ1v) is 6.33. The summed E-state index contributed by atoms with van der Waals surface area (Å²) in [4.78, 5) is 13.5. The minimum atomic E-state index is -4.81. The average Bonchev–Trinajstić information content (AvgIpc) is 2.33. The number of carbonyl (C=O) groups excluding carboxylic acids is 1. The van der Waals surface area contributed by atoms with Crippen molar-refractivity contribution < 1.29 is 22.4 Å². The Hall–Kier alpha value is -1.59. The Balaban J connectivity index is 3.16. The van der Waals surface area contributed by atoms with Gasteiger partial charge in [0.05, 0.1) is 11.1 Å². The molecule has 0 radical (unpaired) electrons. The van der Waals surface area contributed by atoms with E-state index in [9.17, 15) is 22.4 Å². The summed E-state index contributed by atoms with van der Waals surface area (Å²) in [6, 6.07) is 2.75. The first-order chi connectivity index (χ1) is 9.18. The summed E-state index contributed by atoms with van der Waals surface area (Å²) >= 11 is 0. The maximum Gasteiger partial charge on any atom is 0.419 e. The van der Waals surface area contributed by atoms with Gasteiger partial charge in [-0.15, -0.1) is 0 Å². The Morgan fingerprint density at radius 2 is 1.90 bits per heavy atom. The zero-order chi connectivity index (χ0) is 15.5. The van der Waals surface area contributed by atoms with E-state index >= 15 is 0 Å². The number of benzene rings is 1. The minimum absolute atomic E-state index is 0.146. The second kappa shape index (κ2) is 6.24. The summed E-state index contributed by atoms with van der Waals surface area (Å²) in [5.41, 5.74) is -1.95. The van der Waals surface area contributed by atoms with Crippen LogP contribution in [0, 0.1) is 11.7 Å². The van der Waals surface area contributed by atoms with Crippen LogP contribution in [0.5, 0.6) is 0 Å². The van der Waals surface area contributed by atoms with Gasteiger partial charge < -0.3 is 4.90 Å². The standard InChI is InChI=1S/C14H17F4NO/c1-4-19(8-9(2)3)13(20)10-6-5-7-11(12(10)15)14(16,17)18/h5-7,9H,4,8H2,1-3H3. The van der Waals surface area contributed by atoms with Gasteiger partial charge in [0.25, 0.3) is 5.91 Å². The van der Waals surface area contributed by atoms with E-state index < -0.39 is 29.0 Å². The first-order valence-electron chi connectivity index (χ1n) is 6.33. The Morgan fingerprint density at radius 1 is 1.30 bits per heavy atom. The molecule has 2 nitrogen and oxygen atoms in total. The van der Waals surface area contributed by atoms with Crippen LogP contribution in [0.2, 0.25) is 0 Å². The highest BCUT2D eigenvalue weighted by atomic mass is 19.4. The highest BCUT2D eigenvalue weighted by Gasteiger charge is 2.36. The molecule has 0 N–H and O–H groups in total. The van der Waals surface area contributed by atoms with Crippen LogP contribution in [0.3, 0.4) is 0 Å². The lowest BCUT2D eigenvalue weighted by molar-refractivity contribution is -0.140. The van der Waals surface area contributed by atoms with Crippen molar-refractivity contribution in [2.75, 3.05) is 13.1 Å². The van der Waals surface area contributed by atoms with E-state index in [1.54, 1.807) is 6.92 Å². The number of alkyl halides is 3. The Kier molecular flexibility index (Phi) is 5.14. The fourth-order valence-electron chi connectivity index (χ4n) is 1.88. The molecule has 1 aromatic carbocycles. The zero-order valence-corrected chi connectivity index (χ0v) is 11.6. The van der Waals surface area contributed by atoms with E-state index in [1.165, 1.54) is 4.90 Å². The van der Waals surface area contributed by atoms with Crippen molar-refractivity contribution in [3.63, 3.8) is 0 Å². The molecule has 0 saturated carbocycles. The molecule has 112 valence electrons. The van der Waals surface area contributed by atoms with Crippen LogP contribution in [-0.4, -0.2) is 23.9 Å². The van der Waals surface area contributed by atoms with Crippen LogP contribution < -0.4 is 0 Å². The Bertz CT molecular complexity index is 483. The van der Waals surface area contributed by atoms with Crippen molar-refractivity contribution in [1.82, 2.24) is 4.90 Å². The molecule has 0 atom stereocenters. The van der Waals surface area contributed by atoms with Gasteiger partial charge >= 0.3 is 6.18 Å². The number of carbonyl (C=O) groups is 1. The van der Waals surface area contributed by atoms with Gasteiger partial charge in [-0.25, -0.2) is 4.39 Å². The summed E-state index contributed by atoms with van der Waals surface area (Å²) in [5.74, 6) is -2.08. The van der Waals surface area contributed by atoms with Gasteiger partial charge in [0.15, 0.2) is 0 Å². The van der Waals surface area contributed by atoms with Crippen molar-refractivity contribution in [1.29, 1.82) is 0 Å². The lowest BCUT2D eigenvalue weighted by Gasteiger charge is -2.23. The highest BCUT2D eigenvalue weighted by molar-refractivity contribution is 5.94. The first kappa shape index (κ1) is 16.5. The molecule has 0 heterocycles. The number of hydrogen-bond donors (Lipinski definition) is 0. The molecule has 0 aliphatic carbocycles. The quantitative estimate of drug-likeness (QED) is 0.769. The van der Waals surface area contributed by atoms with E-state index in [1.807, 2.05) is 13.8 Å². The van der Waals surface area contributed by atoms with Crippen molar-refractivity contribution in [3.8, 4) is 0 Å². The van der Waals surface area contributed by atoms with E-state index in [0.717, 1.165) is 12.1 Å². The smallest absolute Gasteiger partial charge is 0.339 e. The van der Waals surface area contributed by atoms with E-state index in [4.69, 9.17) is 0 Å². The molecule has 1 aromatic rings. The summed E-state index contributed by atoms with van der Waals surface area (Å²) < 4.78 is 51.7. The number of halogens is 4. The SMILES string of the molecule is CCN(CC(C)C)C(=O)c1cccc(C(F)(F)F)c1F. The number of rotatable bonds is 4. The Labute approximate surface area is 115 Å². The fourth-order valence-corrected chi connectivity index (χ4v) is 1.88. The molecule has 0 unspecified atom stereocenters. The summed E-state index contributed by atoms with van der Waals surface area (Å²) in [6.45, 7) is 6.13. The van der Waals surface area contributed by atoms with Crippen LogP contribution in [0.4, 0.5) is 17.6 Å². The monoisotopic (exact) mass is 291 g/mol. The maximum absolute atomic E-state index is 13.9. The Morgan fingerprint density at radius 3 is 2.35 bits per heavy atom. The van der Waals surface area contributed by atoms with Crippen LogP contribution >= 0.6 is 0 Å². The number of nitrogens with zero attached hydrogens (tertiary/aromatic N) is 1. The normalized spacial score (nSPS) is 11.8. The van der Waals surface area contributed by atoms with Crippen LogP contribution in [0.1, 0.15) is 36.7 Å². The van der Waals surface area contributed by atoms with Gasteiger partial charge in [-0.3, -0.25) is 4.79 Å². The molecule has 6 heteroatoms. The van der Waals surface area contributed by atoms with Crippen molar-refractivity contribution in [2.45, 2.75) is 26.9 Å². The molecule has 0 aromatic heterocycles. The number of amides is 1. The third kappa shape index (κ3) is 3.71. The molecular weight excluding hydrogens is 274 g/mol. The summed E-state index contributed by atoms with van der Waals surface area (Å²) in [6.07, 6.45) is -4.81. The van der Waals surface area contributed by atoms with Gasteiger partial charge in [0, 0.05) is 13.1 Å². The van der Waals surface area contributed by atoms with Gasteiger partial charge in [-0.2, -0.15) is 13.2 Å². The molecule has 0 bridgehead atoms. The van der Waals surface area contributed by atoms with Gasteiger partial charge in [0.2, 0.25) is 0 Å². The lowest BCUT2D eigenvalue weighted by atomic mass is 10.1. The molecule has 0 aliphatic rings.